The second-order valence-electron chi connectivity index (χ2n) is 6.44. The summed E-state index contributed by atoms with van der Waals surface area (Å²) in [5, 5.41) is 8.78. The average Bonchev–Trinajstić information content (AvgIpc) is 2.53. The highest BCUT2D eigenvalue weighted by Crippen LogP contribution is 2.25. The number of likely N-dealkylation sites (tertiary alicyclic amines) is 1. The van der Waals surface area contributed by atoms with Crippen LogP contribution in [0.5, 0.6) is 0 Å². The molecule has 0 aromatic heterocycles. The van der Waals surface area contributed by atoms with Crippen LogP contribution in [0.1, 0.15) is 50.5 Å². The number of hydrogen-bond acceptors (Lipinski definition) is 2. The molecule has 1 fully saturated rings. The monoisotopic (exact) mass is 321 g/mol. The quantitative estimate of drug-likeness (QED) is 0.873. The Bertz CT molecular complexity index is 561. The van der Waals surface area contributed by atoms with Crippen molar-refractivity contribution in [1.29, 1.82) is 0 Å². The number of halogens is 1. The molecule has 1 aliphatic rings. The molecule has 0 saturated carbocycles. The fraction of sp³-hybridized carbons (Fsp3) is 0.556. The van der Waals surface area contributed by atoms with Crippen LogP contribution in [0, 0.1) is 11.7 Å². The summed E-state index contributed by atoms with van der Waals surface area (Å²) in [6.45, 7) is 3.30. The Morgan fingerprint density at radius 1 is 1.43 bits per heavy atom. The number of hydrogen-bond donors (Lipinski definition) is 1. The van der Waals surface area contributed by atoms with Crippen molar-refractivity contribution in [3.05, 3.63) is 35.6 Å². The van der Waals surface area contributed by atoms with Crippen molar-refractivity contribution in [1.82, 2.24) is 4.90 Å². The molecule has 5 heteroatoms. The maximum absolute atomic E-state index is 13.3. The van der Waals surface area contributed by atoms with Gasteiger partial charge < -0.3 is 10.0 Å². The SMILES string of the molecule is C[C@H](CC(=O)N1CCC[C@H](CCC(=O)O)C1)c1cccc(F)c1. The number of benzene rings is 1. The van der Waals surface area contributed by atoms with Gasteiger partial charge in [0.15, 0.2) is 0 Å². The van der Waals surface area contributed by atoms with E-state index in [4.69, 9.17) is 5.11 Å². The summed E-state index contributed by atoms with van der Waals surface area (Å²) in [6, 6.07) is 6.38. The normalized spacial score (nSPS) is 19.4. The topological polar surface area (TPSA) is 57.6 Å². The maximum Gasteiger partial charge on any atom is 0.303 e. The summed E-state index contributed by atoms with van der Waals surface area (Å²) in [6.07, 6.45) is 3.04. The van der Waals surface area contributed by atoms with E-state index in [1.165, 1.54) is 12.1 Å². The molecule has 1 aromatic rings. The van der Waals surface area contributed by atoms with Gasteiger partial charge >= 0.3 is 5.97 Å². The van der Waals surface area contributed by atoms with Gasteiger partial charge in [-0.25, -0.2) is 4.39 Å². The van der Waals surface area contributed by atoms with E-state index < -0.39 is 5.97 Å². The highest BCUT2D eigenvalue weighted by Gasteiger charge is 2.25. The number of amides is 1. The molecule has 4 nitrogen and oxygen atoms in total. The highest BCUT2D eigenvalue weighted by molar-refractivity contribution is 5.77. The van der Waals surface area contributed by atoms with Gasteiger partial charge in [0.1, 0.15) is 5.82 Å². The van der Waals surface area contributed by atoms with E-state index >= 15 is 0 Å². The molecule has 0 radical (unpaired) electrons. The third kappa shape index (κ3) is 5.34. The minimum Gasteiger partial charge on any atom is -0.481 e. The molecule has 0 unspecified atom stereocenters. The first-order valence-corrected chi connectivity index (χ1v) is 8.20. The Balaban J connectivity index is 1.88. The van der Waals surface area contributed by atoms with Crippen LogP contribution in [0.25, 0.3) is 0 Å². The first kappa shape index (κ1) is 17.4. The fourth-order valence-electron chi connectivity index (χ4n) is 3.18. The lowest BCUT2D eigenvalue weighted by atomic mass is 9.92. The molecule has 2 atom stereocenters. The lowest BCUT2D eigenvalue weighted by Crippen LogP contribution is -2.40. The minimum atomic E-state index is -0.784. The van der Waals surface area contributed by atoms with E-state index in [9.17, 15) is 14.0 Å². The molecular weight excluding hydrogens is 297 g/mol. The number of carbonyl (C=O) groups is 2. The number of piperidine rings is 1. The van der Waals surface area contributed by atoms with E-state index in [0.29, 0.717) is 19.4 Å². The van der Waals surface area contributed by atoms with Gasteiger partial charge in [-0.05, 0) is 48.8 Å². The van der Waals surface area contributed by atoms with Crippen molar-refractivity contribution in [3.8, 4) is 0 Å². The van der Waals surface area contributed by atoms with Crippen LogP contribution in [0.4, 0.5) is 4.39 Å². The Labute approximate surface area is 136 Å². The molecule has 1 aliphatic heterocycles. The molecule has 0 bridgehead atoms. The molecule has 1 heterocycles. The number of rotatable bonds is 6. The Hall–Kier alpha value is -1.91. The Morgan fingerprint density at radius 3 is 2.91 bits per heavy atom. The summed E-state index contributed by atoms with van der Waals surface area (Å²) in [5.74, 6) is -0.755. The van der Waals surface area contributed by atoms with E-state index in [0.717, 1.165) is 24.9 Å². The fourth-order valence-corrected chi connectivity index (χ4v) is 3.18. The first-order chi connectivity index (χ1) is 11.0. The van der Waals surface area contributed by atoms with Crippen LogP contribution in [-0.4, -0.2) is 35.0 Å². The minimum absolute atomic E-state index is 0.0300. The largest absolute Gasteiger partial charge is 0.481 e. The average molecular weight is 321 g/mol. The van der Waals surface area contributed by atoms with Crippen LogP contribution in [0.3, 0.4) is 0 Å². The lowest BCUT2D eigenvalue weighted by molar-refractivity contribution is -0.137. The molecule has 0 aliphatic carbocycles. The smallest absolute Gasteiger partial charge is 0.303 e. The van der Waals surface area contributed by atoms with Gasteiger partial charge in [0.05, 0.1) is 0 Å². The zero-order valence-corrected chi connectivity index (χ0v) is 13.5. The lowest BCUT2D eigenvalue weighted by Gasteiger charge is -2.33. The molecule has 0 spiro atoms. The molecule has 2 rings (SSSR count). The number of aliphatic carboxylic acids is 1. The van der Waals surface area contributed by atoms with Gasteiger partial charge in [-0.15, -0.1) is 0 Å². The van der Waals surface area contributed by atoms with E-state index in [2.05, 4.69) is 0 Å². The Kier molecular flexibility index (Phi) is 6.13. The molecule has 23 heavy (non-hydrogen) atoms. The maximum atomic E-state index is 13.3. The van der Waals surface area contributed by atoms with Gasteiger partial charge in [-0.3, -0.25) is 9.59 Å². The number of nitrogens with zero attached hydrogens (tertiary/aromatic N) is 1. The Morgan fingerprint density at radius 2 is 2.22 bits per heavy atom. The van der Waals surface area contributed by atoms with Crippen LogP contribution in [-0.2, 0) is 9.59 Å². The first-order valence-electron chi connectivity index (χ1n) is 8.20. The van der Waals surface area contributed by atoms with E-state index in [1.54, 1.807) is 6.07 Å². The molecule has 1 amide bonds. The van der Waals surface area contributed by atoms with Crippen molar-refractivity contribution in [2.75, 3.05) is 13.1 Å². The number of carbonyl (C=O) groups excluding carboxylic acids is 1. The van der Waals surface area contributed by atoms with Gasteiger partial charge in [0.25, 0.3) is 0 Å². The van der Waals surface area contributed by atoms with Gasteiger partial charge in [-0.1, -0.05) is 19.1 Å². The van der Waals surface area contributed by atoms with Crippen LogP contribution >= 0.6 is 0 Å². The van der Waals surface area contributed by atoms with Gasteiger partial charge in [0, 0.05) is 25.9 Å². The van der Waals surface area contributed by atoms with Crippen molar-refractivity contribution in [2.24, 2.45) is 5.92 Å². The standard InChI is InChI=1S/C18H24FNO3/c1-13(15-5-2-6-16(19)11-15)10-17(21)20-9-3-4-14(12-20)7-8-18(22)23/h2,5-6,11,13-14H,3-4,7-10,12H2,1H3,(H,22,23)/t13-,14-/m1/s1. The van der Waals surface area contributed by atoms with E-state index in [1.807, 2.05) is 17.9 Å². The summed E-state index contributed by atoms with van der Waals surface area (Å²) >= 11 is 0. The van der Waals surface area contributed by atoms with Crippen molar-refractivity contribution < 1.29 is 19.1 Å². The third-order valence-electron chi connectivity index (χ3n) is 4.54. The van der Waals surface area contributed by atoms with Gasteiger partial charge in [0.2, 0.25) is 5.91 Å². The number of carboxylic acid groups (broad SMARTS) is 1. The van der Waals surface area contributed by atoms with Gasteiger partial charge in [-0.2, -0.15) is 0 Å². The molecule has 126 valence electrons. The van der Waals surface area contributed by atoms with Crippen molar-refractivity contribution in [3.63, 3.8) is 0 Å². The van der Waals surface area contributed by atoms with Crippen molar-refractivity contribution >= 4 is 11.9 Å². The summed E-state index contributed by atoms with van der Waals surface area (Å²) in [4.78, 5) is 25.0. The predicted molar refractivity (Wildman–Crippen MR) is 85.6 cm³/mol. The van der Waals surface area contributed by atoms with E-state index in [-0.39, 0.29) is 30.0 Å². The zero-order valence-electron chi connectivity index (χ0n) is 13.5. The second kappa shape index (κ2) is 8.09. The second-order valence-corrected chi connectivity index (χ2v) is 6.44. The molecular formula is C18H24FNO3. The van der Waals surface area contributed by atoms with Crippen LogP contribution < -0.4 is 0 Å². The predicted octanol–water partition coefficient (Wildman–Crippen LogP) is 3.42. The van der Waals surface area contributed by atoms with Crippen LogP contribution in [0.15, 0.2) is 24.3 Å². The zero-order chi connectivity index (χ0) is 16.8. The summed E-state index contributed by atoms with van der Waals surface area (Å²) < 4.78 is 13.3. The van der Waals surface area contributed by atoms with Crippen molar-refractivity contribution in [2.45, 2.75) is 44.9 Å². The molecule has 1 N–H and O–H groups in total. The molecule has 1 aromatic carbocycles. The number of carboxylic acids is 1. The molecule has 1 saturated heterocycles. The highest BCUT2D eigenvalue weighted by atomic mass is 19.1. The van der Waals surface area contributed by atoms with Crippen LogP contribution in [0.2, 0.25) is 0 Å². The third-order valence-corrected chi connectivity index (χ3v) is 4.54. The summed E-state index contributed by atoms with van der Waals surface area (Å²) in [5.41, 5.74) is 0.831. The summed E-state index contributed by atoms with van der Waals surface area (Å²) in [7, 11) is 0.